The van der Waals surface area contributed by atoms with Crippen molar-refractivity contribution in [1.29, 1.82) is 0 Å². The summed E-state index contributed by atoms with van der Waals surface area (Å²) in [6, 6.07) is 32.6. The van der Waals surface area contributed by atoms with Crippen LogP contribution in [0.25, 0.3) is 0 Å². The summed E-state index contributed by atoms with van der Waals surface area (Å²) in [5.41, 5.74) is 3.39. The van der Waals surface area contributed by atoms with Gasteiger partial charge < -0.3 is 10.2 Å². The van der Waals surface area contributed by atoms with Gasteiger partial charge in [0.2, 0.25) is 0 Å². The quantitative estimate of drug-likeness (QED) is 0.264. The van der Waals surface area contributed by atoms with Gasteiger partial charge in [-0.2, -0.15) is 0 Å². The monoisotopic (exact) mass is 584 g/mol. The predicted molar refractivity (Wildman–Crippen MR) is 179 cm³/mol. The molecule has 1 heterocycles. The number of anilines is 1. The van der Waals surface area contributed by atoms with Gasteiger partial charge in [0.15, 0.2) is 0 Å². The van der Waals surface area contributed by atoms with Crippen molar-refractivity contribution < 1.29 is 4.79 Å². The number of likely N-dealkylation sites (tertiary alicyclic amines) is 1. The fraction of sp³-hybridized carbons (Fsp3) is 0.472. The molecule has 1 saturated heterocycles. The molecule has 2 saturated carbocycles. The first kappa shape index (κ1) is 28.9. The second-order valence-corrected chi connectivity index (χ2v) is 17.6. The summed E-state index contributed by atoms with van der Waals surface area (Å²) < 4.78 is 0. The molecule has 1 aliphatic heterocycles. The minimum absolute atomic E-state index is 0.0834. The van der Waals surface area contributed by atoms with Crippen molar-refractivity contribution in [2.24, 2.45) is 0 Å². The summed E-state index contributed by atoms with van der Waals surface area (Å²) in [5.74, 6) is 0. The third-order valence-corrected chi connectivity index (χ3v) is 16.2. The molecule has 2 aliphatic carbocycles. The van der Waals surface area contributed by atoms with Crippen LogP contribution >= 0.6 is 15.8 Å². The van der Waals surface area contributed by atoms with Crippen molar-refractivity contribution in [1.82, 2.24) is 4.90 Å². The van der Waals surface area contributed by atoms with Crippen LogP contribution in [0.15, 0.2) is 91.0 Å². The van der Waals surface area contributed by atoms with Crippen LogP contribution in [0.1, 0.15) is 70.6 Å². The Balaban J connectivity index is 1.31. The second kappa shape index (κ2) is 14.3. The predicted octanol–water partition coefficient (Wildman–Crippen LogP) is 8.94. The molecular weight excluding hydrogens is 538 g/mol. The van der Waals surface area contributed by atoms with E-state index in [4.69, 9.17) is 0 Å². The summed E-state index contributed by atoms with van der Waals surface area (Å²) in [5, 5.41) is 6.12. The number of nitrogens with zero attached hydrogens (tertiary/aromatic N) is 1. The van der Waals surface area contributed by atoms with E-state index in [2.05, 4.69) is 70.9 Å². The topological polar surface area (TPSA) is 32.3 Å². The van der Waals surface area contributed by atoms with Crippen LogP contribution in [-0.4, -0.2) is 46.7 Å². The van der Waals surface area contributed by atoms with E-state index in [9.17, 15) is 4.79 Å². The van der Waals surface area contributed by atoms with Crippen molar-refractivity contribution in [3.05, 3.63) is 91.0 Å². The third-order valence-electron chi connectivity index (χ3n) is 9.62. The van der Waals surface area contributed by atoms with Crippen LogP contribution in [0, 0.1) is 0 Å². The number of hydrogen-bond donors (Lipinski definition) is 1. The number of urea groups is 1. The molecule has 3 fully saturated rings. The lowest BCUT2D eigenvalue weighted by Crippen LogP contribution is -2.41. The van der Waals surface area contributed by atoms with Crippen LogP contribution in [0.2, 0.25) is 0 Å². The number of para-hydroxylation sites is 1. The van der Waals surface area contributed by atoms with E-state index in [0.29, 0.717) is 5.66 Å². The van der Waals surface area contributed by atoms with E-state index in [1.807, 2.05) is 30.3 Å². The van der Waals surface area contributed by atoms with Gasteiger partial charge in [0.25, 0.3) is 0 Å². The van der Waals surface area contributed by atoms with Gasteiger partial charge in [-0.15, -0.1) is 0 Å². The number of carbonyl (C=O) groups excluding carboxylic acids is 1. The molecule has 3 aromatic rings. The van der Waals surface area contributed by atoms with E-state index in [1.165, 1.54) is 81.2 Å². The highest BCUT2D eigenvalue weighted by Gasteiger charge is 2.44. The van der Waals surface area contributed by atoms with E-state index >= 15 is 0 Å². The minimum atomic E-state index is -0.554. The minimum Gasteiger partial charge on any atom is -0.321 e. The van der Waals surface area contributed by atoms with E-state index < -0.39 is 7.92 Å². The Morgan fingerprint density at radius 1 is 0.659 bits per heavy atom. The van der Waals surface area contributed by atoms with Crippen molar-refractivity contribution in [2.45, 2.75) is 93.6 Å². The highest BCUT2D eigenvalue weighted by Crippen LogP contribution is 2.61. The van der Waals surface area contributed by atoms with Crippen molar-refractivity contribution in [3.63, 3.8) is 0 Å². The maximum Gasteiger partial charge on any atom is 0.322 e. The first-order valence-electron chi connectivity index (χ1n) is 16.0. The van der Waals surface area contributed by atoms with Crippen LogP contribution in [-0.2, 0) is 0 Å². The zero-order valence-electron chi connectivity index (χ0n) is 24.4. The molecule has 0 aromatic heterocycles. The Bertz CT molecular complexity index is 1150. The first-order valence-corrected chi connectivity index (χ1v) is 19.1. The van der Waals surface area contributed by atoms with Crippen molar-refractivity contribution in [2.75, 3.05) is 18.0 Å². The van der Waals surface area contributed by atoms with Gasteiger partial charge in [-0.05, 0) is 85.9 Å². The molecule has 216 valence electrons. The average Bonchev–Trinajstić information content (AvgIpc) is 3.46. The first-order chi connectivity index (χ1) is 20.3. The average molecular weight is 585 g/mol. The van der Waals surface area contributed by atoms with Gasteiger partial charge in [-0.25, -0.2) is 4.79 Å². The molecule has 2 atom stereocenters. The summed E-state index contributed by atoms with van der Waals surface area (Å²) >= 11 is 0. The molecule has 2 amide bonds. The molecule has 3 nitrogen and oxygen atoms in total. The molecule has 1 N–H and O–H groups in total. The number of carbonyl (C=O) groups is 1. The molecule has 3 aliphatic rings. The van der Waals surface area contributed by atoms with Crippen LogP contribution in [0.3, 0.4) is 0 Å². The summed E-state index contributed by atoms with van der Waals surface area (Å²) in [7, 11) is -0.638. The molecule has 5 heteroatoms. The van der Waals surface area contributed by atoms with Gasteiger partial charge in [0.1, 0.15) is 0 Å². The summed E-state index contributed by atoms with van der Waals surface area (Å²) in [4.78, 5) is 16.3. The van der Waals surface area contributed by atoms with E-state index in [1.54, 1.807) is 0 Å². The standard InChI is InChI=1S/C36H46N2OP2/c39-36(37-29-16-6-1-7-17-29)38-27-35(41(33-22-12-4-13-23-33)34-24-14-5-15-25-34)26-30(38)28-40(31-18-8-2-9-19-31)32-20-10-3-11-21-32/h1-3,6-11,16-21,30,33-35H,4-5,12-15,22-28H2,(H,37,39)/t30-,35-/m0/s1. The SMILES string of the molecule is O=C(Nc1ccccc1)N1C[C@@H](P(C2CCCCC2)C2CCCCC2)C[C@H]1CP(c1ccccc1)c1ccccc1. The van der Waals surface area contributed by atoms with Crippen LogP contribution < -0.4 is 15.9 Å². The normalized spacial score (nSPS) is 22.3. The van der Waals surface area contributed by atoms with Crippen molar-refractivity contribution in [3.8, 4) is 0 Å². The lowest BCUT2D eigenvalue weighted by molar-refractivity contribution is 0.211. The molecule has 41 heavy (non-hydrogen) atoms. The van der Waals surface area contributed by atoms with Gasteiger partial charge in [-0.3, -0.25) is 0 Å². The molecule has 0 radical (unpaired) electrons. The smallest absolute Gasteiger partial charge is 0.321 e. The molecular formula is C36H46N2OP2. The van der Waals surface area contributed by atoms with Gasteiger partial charge in [-0.1, -0.05) is 125 Å². The van der Waals surface area contributed by atoms with E-state index in [-0.39, 0.29) is 20.0 Å². The number of rotatable bonds is 8. The highest BCUT2D eigenvalue weighted by molar-refractivity contribution is 7.73. The van der Waals surface area contributed by atoms with Crippen LogP contribution in [0.4, 0.5) is 10.5 Å². The zero-order valence-corrected chi connectivity index (χ0v) is 26.2. The Morgan fingerprint density at radius 3 is 1.66 bits per heavy atom. The van der Waals surface area contributed by atoms with Gasteiger partial charge >= 0.3 is 6.03 Å². The van der Waals surface area contributed by atoms with Crippen LogP contribution in [0.5, 0.6) is 0 Å². The Morgan fingerprint density at radius 2 is 1.15 bits per heavy atom. The Labute approximate surface area is 250 Å². The largest absolute Gasteiger partial charge is 0.322 e. The number of hydrogen-bond acceptors (Lipinski definition) is 1. The molecule has 3 aromatic carbocycles. The zero-order chi connectivity index (χ0) is 27.9. The Hall–Kier alpha value is -2.21. The fourth-order valence-electron chi connectivity index (χ4n) is 7.69. The third kappa shape index (κ3) is 7.24. The molecule has 0 spiro atoms. The second-order valence-electron chi connectivity index (χ2n) is 12.3. The summed E-state index contributed by atoms with van der Waals surface area (Å²) in [6.07, 6.45) is 16.4. The maximum absolute atomic E-state index is 14.0. The van der Waals surface area contributed by atoms with Gasteiger partial charge in [0, 0.05) is 18.3 Å². The summed E-state index contributed by atoms with van der Waals surface area (Å²) in [6.45, 7) is 0.939. The number of benzene rings is 3. The lowest BCUT2D eigenvalue weighted by atomic mass is 9.99. The Kier molecular flexibility index (Phi) is 10.1. The maximum atomic E-state index is 14.0. The molecule has 0 unspecified atom stereocenters. The number of nitrogens with one attached hydrogen (secondary N) is 1. The van der Waals surface area contributed by atoms with Crippen molar-refractivity contribution >= 4 is 38.2 Å². The molecule has 0 bridgehead atoms. The highest BCUT2D eigenvalue weighted by atomic mass is 31.1. The fourth-order valence-corrected chi connectivity index (χ4v) is 14.8. The molecule has 6 rings (SSSR count). The van der Waals surface area contributed by atoms with Gasteiger partial charge in [0.05, 0.1) is 0 Å². The number of amides is 2. The van der Waals surface area contributed by atoms with E-state index in [0.717, 1.165) is 29.7 Å². The lowest BCUT2D eigenvalue weighted by Gasteiger charge is -2.42.